The van der Waals surface area contributed by atoms with Crippen LogP contribution in [0.1, 0.15) is 6.42 Å². The van der Waals surface area contributed by atoms with Gasteiger partial charge in [-0.1, -0.05) is 12.2 Å². The standard InChI is InChI=1S/C7H9NO5/c9-5-2-1-4(3-5)6(7(10)11)8(12)13/h1-2,4-6,9H,3H2,(H,10,11)/t4-,5+,6?/m0/s1. The average Bonchev–Trinajstić information content (AvgIpc) is 2.34. The van der Waals surface area contributed by atoms with Gasteiger partial charge in [-0.25, -0.2) is 4.79 Å². The van der Waals surface area contributed by atoms with Gasteiger partial charge in [-0.3, -0.25) is 10.1 Å². The van der Waals surface area contributed by atoms with Crippen LogP contribution < -0.4 is 0 Å². The van der Waals surface area contributed by atoms with Crippen molar-refractivity contribution >= 4 is 5.97 Å². The second kappa shape index (κ2) is 3.53. The minimum atomic E-state index is -1.65. The molecular formula is C7H9NO5. The van der Waals surface area contributed by atoms with Gasteiger partial charge in [-0.15, -0.1) is 0 Å². The molecule has 0 spiro atoms. The van der Waals surface area contributed by atoms with Gasteiger partial charge < -0.3 is 10.2 Å². The monoisotopic (exact) mass is 187 g/mol. The Labute approximate surface area is 73.6 Å². The van der Waals surface area contributed by atoms with Crippen molar-refractivity contribution in [2.45, 2.75) is 18.6 Å². The quantitative estimate of drug-likeness (QED) is 0.357. The molecule has 2 N–H and O–H groups in total. The zero-order valence-corrected chi connectivity index (χ0v) is 6.66. The zero-order chi connectivity index (χ0) is 10.0. The van der Waals surface area contributed by atoms with Gasteiger partial charge in [-0.2, -0.15) is 0 Å². The number of aliphatic carboxylic acids is 1. The first-order chi connectivity index (χ1) is 6.02. The fraction of sp³-hybridized carbons (Fsp3) is 0.571. The lowest BCUT2D eigenvalue weighted by Gasteiger charge is -2.10. The summed E-state index contributed by atoms with van der Waals surface area (Å²) >= 11 is 0. The smallest absolute Gasteiger partial charge is 0.379 e. The number of rotatable bonds is 3. The number of carboxylic acids is 1. The molecule has 1 aliphatic rings. The van der Waals surface area contributed by atoms with Gasteiger partial charge in [0.1, 0.15) is 0 Å². The number of nitrogens with zero attached hydrogens (tertiary/aromatic N) is 1. The van der Waals surface area contributed by atoms with Gasteiger partial charge in [0, 0.05) is 4.92 Å². The first kappa shape index (κ1) is 9.66. The van der Waals surface area contributed by atoms with Crippen LogP contribution >= 0.6 is 0 Å². The molecule has 0 bridgehead atoms. The molecule has 0 aromatic carbocycles. The normalized spacial score (nSPS) is 28.7. The molecule has 0 aromatic rings. The second-order valence-electron chi connectivity index (χ2n) is 2.92. The van der Waals surface area contributed by atoms with Crippen LogP contribution in [-0.2, 0) is 4.79 Å². The van der Waals surface area contributed by atoms with Crippen molar-refractivity contribution in [1.82, 2.24) is 0 Å². The molecule has 1 unspecified atom stereocenters. The SMILES string of the molecule is O=C(O)C([C@H]1C=C[C@@H](O)C1)[N+](=O)[O-]. The summed E-state index contributed by atoms with van der Waals surface area (Å²) in [5.41, 5.74) is 0. The fourth-order valence-electron chi connectivity index (χ4n) is 1.37. The fourth-order valence-corrected chi connectivity index (χ4v) is 1.37. The van der Waals surface area contributed by atoms with Crippen LogP contribution in [0.2, 0.25) is 0 Å². The third kappa shape index (κ3) is 2.03. The van der Waals surface area contributed by atoms with Crippen molar-refractivity contribution in [3.05, 3.63) is 22.3 Å². The van der Waals surface area contributed by atoms with E-state index in [0.717, 1.165) is 0 Å². The molecule has 0 fully saturated rings. The average molecular weight is 187 g/mol. The molecule has 6 heteroatoms. The predicted octanol–water partition coefficient (Wildman–Crippen LogP) is -0.347. The Bertz CT molecular complexity index is 248. The van der Waals surface area contributed by atoms with Crippen LogP contribution in [0.3, 0.4) is 0 Å². The minimum absolute atomic E-state index is 0.109. The van der Waals surface area contributed by atoms with Gasteiger partial charge in [0.05, 0.1) is 12.0 Å². The lowest BCUT2D eigenvalue weighted by Crippen LogP contribution is -2.35. The molecule has 0 aromatic heterocycles. The van der Waals surface area contributed by atoms with Crippen LogP contribution in [0, 0.1) is 16.0 Å². The van der Waals surface area contributed by atoms with Crippen molar-refractivity contribution < 1.29 is 19.9 Å². The van der Waals surface area contributed by atoms with E-state index in [1.54, 1.807) is 0 Å². The Morgan fingerprint density at radius 1 is 1.62 bits per heavy atom. The van der Waals surface area contributed by atoms with E-state index in [9.17, 15) is 14.9 Å². The number of hydrogen-bond donors (Lipinski definition) is 2. The molecule has 13 heavy (non-hydrogen) atoms. The maximum absolute atomic E-state index is 10.5. The van der Waals surface area contributed by atoms with Gasteiger partial charge in [0.15, 0.2) is 0 Å². The highest BCUT2D eigenvalue weighted by atomic mass is 16.6. The predicted molar refractivity (Wildman–Crippen MR) is 41.7 cm³/mol. The molecule has 0 aliphatic heterocycles. The molecule has 72 valence electrons. The van der Waals surface area contributed by atoms with Crippen molar-refractivity contribution in [3.8, 4) is 0 Å². The number of aliphatic hydroxyl groups is 1. The molecule has 0 amide bonds. The highest BCUT2D eigenvalue weighted by Crippen LogP contribution is 2.22. The van der Waals surface area contributed by atoms with Crippen molar-refractivity contribution in [3.63, 3.8) is 0 Å². The molecule has 3 atom stereocenters. The molecule has 0 radical (unpaired) electrons. The Morgan fingerprint density at radius 2 is 2.23 bits per heavy atom. The Morgan fingerprint density at radius 3 is 2.54 bits per heavy atom. The largest absolute Gasteiger partial charge is 0.476 e. The summed E-state index contributed by atoms with van der Waals surface area (Å²) in [5, 5.41) is 27.9. The van der Waals surface area contributed by atoms with Crippen LogP contribution in [0.4, 0.5) is 0 Å². The minimum Gasteiger partial charge on any atom is -0.476 e. The van der Waals surface area contributed by atoms with Crippen molar-refractivity contribution in [1.29, 1.82) is 0 Å². The molecule has 0 saturated heterocycles. The number of aliphatic hydroxyl groups excluding tert-OH is 1. The van der Waals surface area contributed by atoms with Crippen LogP contribution in [0.25, 0.3) is 0 Å². The molecule has 0 saturated carbocycles. The number of nitro groups is 1. The molecule has 1 aliphatic carbocycles. The summed E-state index contributed by atoms with van der Waals surface area (Å²) in [7, 11) is 0. The molecule has 0 heterocycles. The van der Waals surface area contributed by atoms with Gasteiger partial charge in [0.25, 0.3) is 0 Å². The van der Waals surface area contributed by atoms with Crippen LogP contribution in [-0.4, -0.2) is 33.3 Å². The summed E-state index contributed by atoms with van der Waals surface area (Å²) < 4.78 is 0. The third-order valence-corrected chi connectivity index (χ3v) is 1.98. The highest BCUT2D eigenvalue weighted by Gasteiger charge is 2.39. The van der Waals surface area contributed by atoms with Gasteiger partial charge in [-0.05, 0) is 6.42 Å². The van der Waals surface area contributed by atoms with Crippen LogP contribution in [0.5, 0.6) is 0 Å². The van der Waals surface area contributed by atoms with E-state index in [2.05, 4.69) is 0 Å². The summed E-state index contributed by atoms with van der Waals surface area (Å²) in [6, 6.07) is -1.65. The Kier molecular flexibility index (Phi) is 2.62. The number of carboxylic acid groups (broad SMARTS) is 1. The van der Waals surface area contributed by atoms with Crippen molar-refractivity contribution in [2.75, 3.05) is 0 Å². The summed E-state index contributed by atoms with van der Waals surface area (Å²) in [6.07, 6.45) is 2.11. The van der Waals surface area contributed by atoms with Crippen molar-refractivity contribution in [2.24, 2.45) is 5.92 Å². The third-order valence-electron chi connectivity index (χ3n) is 1.98. The van der Waals surface area contributed by atoms with E-state index >= 15 is 0 Å². The van der Waals surface area contributed by atoms with E-state index in [1.807, 2.05) is 0 Å². The second-order valence-corrected chi connectivity index (χ2v) is 2.92. The first-order valence-corrected chi connectivity index (χ1v) is 3.75. The highest BCUT2D eigenvalue weighted by molar-refractivity contribution is 5.72. The number of carbonyl (C=O) groups is 1. The molecule has 6 nitrogen and oxygen atoms in total. The van der Waals surface area contributed by atoms with E-state index < -0.39 is 29.0 Å². The summed E-state index contributed by atoms with van der Waals surface area (Å²) in [6.45, 7) is 0. The molecule has 1 rings (SSSR count). The van der Waals surface area contributed by atoms with E-state index in [4.69, 9.17) is 10.2 Å². The van der Waals surface area contributed by atoms with E-state index in [-0.39, 0.29) is 6.42 Å². The Balaban J connectivity index is 2.73. The van der Waals surface area contributed by atoms with E-state index in [0.29, 0.717) is 0 Å². The Hall–Kier alpha value is -1.43. The first-order valence-electron chi connectivity index (χ1n) is 3.75. The molecular weight excluding hydrogens is 178 g/mol. The topological polar surface area (TPSA) is 101 Å². The maximum Gasteiger partial charge on any atom is 0.379 e. The lowest BCUT2D eigenvalue weighted by molar-refractivity contribution is -0.517. The summed E-state index contributed by atoms with van der Waals surface area (Å²) in [5.74, 6) is -2.17. The lowest BCUT2D eigenvalue weighted by atomic mass is 10.00. The number of hydrogen-bond acceptors (Lipinski definition) is 4. The van der Waals surface area contributed by atoms with Gasteiger partial charge >= 0.3 is 12.0 Å². The zero-order valence-electron chi connectivity index (χ0n) is 6.66. The van der Waals surface area contributed by atoms with Gasteiger partial charge in [0.2, 0.25) is 0 Å². The van der Waals surface area contributed by atoms with E-state index in [1.165, 1.54) is 12.2 Å². The van der Waals surface area contributed by atoms with Crippen LogP contribution in [0.15, 0.2) is 12.2 Å². The maximum atomic E-state index is 10.5. The summed E-state index contributed by atoms with van der Waals surface area (Å²) in [4.78, 5) is 20.0.